The molecule has 0 bridgehead atoms. The zero-order chi connectivity index (χ0) is 14.2. The normalized spacial score (nSPS) is 32.3. The van der Waals surface area contributed by atoms with Gasteiger partial charge in [-0.1, -0.05) is 18.2 Å². The number of para-hydroxylation sites is 1. The van der Waals surface area contributed by atoms with Crippen molar-refractivity contribution in [3.63, 3.8) is 0 Å². The lowest BCUT2D eigenvalue weighted by Gasteiger charge is -2.31. The summed E-state index contributed by atoms with van der Waals surface area (Å²) in [6, 6.07) is 7.55. The summed E-state index contributed by atoms with van der Waals surface area (Å²) in [5.74, 6) is 0.811. The molecule has 3 atom stereocenters. The summed E-state index contributed by atoms with van der Waals surface area (Å²) in [6.45, 7) is 3.30. The summed E-state index contributed by atoms with van der Waals surface area (Å²) in [5, 5.41) is 3.11. The highest BCUT2D eigenvalue weighted by molar-refractivity contribution is 5.84. The van der Waals surface area contributed by atoms with Crippen molar-refractivity contribution in [1.82, 2.24) is 5.32 Å². The Morgan fingerprint density at radius 1 is 1.45 bits per heavy atom. The van der Waals surface area contributed by atoms with Crippen molar-refractivity contribution >= 4 is 5.91 Å². The first-order chi connectivity index (χ1) is 9.61. The summed E-state index contributed by atoms with van der Waals surface area (Å²) >= 11 is 0. The summed E-state index contributed by atoms with van der Waals surface area (Å²) in [4.78, 5) is 12.5. The summed E-state index contributed by atoms with van der Waals surface area (Å²) in [6.07, 6.45) is 0.773. The van der Waals surface area contributed by atoms with Gasteiger partial charge in [0.15, 0.2) is 0 Å². The molecule has 5 heteroatoms. The third kappa shape index (κ3) is 2.17. The Bertz CT molecular complexity index is 520. The first kappa shape index (κ1) is 13.4. The van der Waals surface area contributed by atoms with E-state index < -0.39 is 5.41 Å². The molecular formula is C15H20N2O3. The molecule has 1 fully saturated rings. The van der Waals surface area contributed by atoms with Crippen LogP contribution < -0.4 is 15.8 Å². The fourth-order valence-corrected chi connectivity index (χ4v) is 2.74. The summed E-state index contributed by atoms with van der Waals surface area (Å²) < 4.78 is 10.9. The van der Waals surface area contributed by atoms with E-state index in [2.05, 4.69) is 5.32 Å². The largest absolute Gasteiger partial charge is 0.493 e. The Hall–Kier alpha value is -1.59. The third-order valence-corrected chi connectivity index (χ3v) is 4.30. The number of nitrogens with one attached hydrogen (secondary N) is 1. The molecule has 3 rings (SSSR count). The predicted molar refractivity (Wildman–Crippen MR) is 74.3 cm³/mol. The topological polar surface area (TPSA) is 73.6 Å². The predicted octanol–water partition coefficient (Wildman–Crippen LogP) is 0.990. The minimum atomic E-state index is -0.646. The number of carbonyl (C=O) groups excluding carboxylic acids is 1. The van der Waals surface area contributed by atoms with Gasteiger partial charge in [0.25, 0.3) is 0 Å². The molecule has 0 spiro atoms. The van der Waals surface area contributed by atoms with Crippen molar-refractivity contribution in [2.75, 3.05) is 19.8 Å². The van der Waals surface area contributed by atoms with Crippen LogP contribution in [0.5, 0.6) is 5.75 Å². The van der Waals surface area contributed by atoms with E-state index in [-0.39, 0.29) is 18.0 Å². The van der Waals surface area contributed by atoms with Gasteiger partial charge in [-0.3, -0.25) is 4.79 Å². The molecule has 2 aliphatic rings. The van der Waals surface area contributed by atoms with Gasteiger partial charge in [-0.15, -0.1) is 0 Å². The number of amides is 1. The lowest BCUT2D eigenvalue weighted by atomic mass is 9.84. The number of nitrogens with two attached hydrogens (primary N) is 1. The second-order valence-corrected chi connectivity index (χ2v) is 5.74. The summed E-state index contributed by atoms with van der Waals surface area (Å²) in [5.41, 5.74) is 6.39. The number of hydrogen-bond acceptors (Lipinski definition) is 4. The number of fused-ring (bicyclic) bond motifs is 1. The van der Waals surface area contributed by atoms with Crippen LogP contribution in [-0.4, -0.2) is 31.8 Å². The van der Waals surface area contributed by atoms with E-state index in [1.807, 2.05) is 31.2 Å². The van der Waals surface area contributed by atoms with Gasteiger partial charge in [0.05, 0.1) is 31.3 Å². The van der Waals surface area contributed by atoms with Crippen molar-refractivity contribution < 1.29 is 14.3 Å². The van der Waals surface area contributed by atoms with Crippen molar-refractivity contribution in [2.24, 2.45) is 11.1 Å². The number of hydrogen-bond donors (Lipinski definition) is 2. The van der Waals surface area contributed by atoms with Crippen LogP contribution in [0.4, 0.5) is 0 Å². The van der Waals surface area contributed by atoms with E-state index in [0.717, 1.165) is 17.7 Å². The molecule has 1 amide bonds. The highest BCUT2D eigenvalue weighted by Crippen LogP contribution is 2.34. The molecular weight excluding hydrogens is 256 g/mol. The molecule has 1 aromatic rings. The average Bonchev–Trinajstić information content (AvgIpc) is 2.80. The zero-order valence-electron chi connectivity index (χ0n) is 11.6. The molecule has 1 aromatic carbocycles. The quantitative estimate of drug-likeness (QED) is 0.845. The van der Waals surface area contributed by atoms with Crippen LogP contribution in [0.1, 0.15) is 24.9 Å². The molecule has 0 aliphatic carbocycles. The van der Waals surface area contributed by atoms with Gasteiger partial charge >= 0.3 is 0 Å². The Kier molecular flexibility index (Phi) is 3.40. The fourth-order valence-electron chi connectivity index (χ4n) is 2.74. The van der Waals surface area contributed by atoms with Crippen molar-refractivity contribution in [1.29, 1.82) is 0 Å². The van der Waals surface area contributed by atoms with E-state index in [1.54, 1.807) is 0 Å². The lowest BCUT2D eigenvalue weighted by molar-refractivity contribution is -0.131. The average molecular weight is 276 g/mol. The van der Waals surface area contributed by atoms with E-state index in [0.29, 0.717) is 19.8 Å². The summed E-state index contributed by atoms with van der Waals surface area (Å²) in [7, 11) is 0. The lowest BCUT2D eigenvalue weighted by Crippen LogP contribution is -2.51. The Morgan fingerprint density at radius 2 is 2.25 bits per heavy atom. The maximum absolute atomic E-state index is 12.5. The van der Waals surface area contributed by atoms with Crippen LogP contribution >= 0.6 is 0 Å². The van der Waals surface area contributed by atoms with Crippen LogP contribution in [0.3, 0.4) is 0 Å². The van der Waals surface area contributed by atoms with Crippen LogP contribution in [0.25, 0.3) is 0 Å². The van der Waals surface area contributed by atoms with Gasteiger partial charge in [0.1, 0.15) is 5.75 Å². The number of rotatable bonds is 2. The monoisotopic (exact) mass is 276 g/mol. The SMILES string of the molecule is CC1(C(=O)NC2CCOc3ccccc32)COCC1N. The molecule has 5 nitrogen and oxygen atoms in total. The van der Waals surface area contributed by atoms with Crippen LogP contribution in [0.2, 0.25) is 0 Å². The zero-order valence-corrected chi connectivity index (χ0v) is 11.6. The highest BCUT2D eigenvalue weighted by atomic mass is 16.5. The number of carbonyl (C=O) groups is 1. The molecule has 3 N–H and O–H groups in total. The van der Waals surface area contributed by atoms with Crippen molar-refractivity contribution in [2.45, 2.75) is 25.4 Å². The van der Waals surface area contributed by atoms with Crippen LogP contribution in [0.15, 0.2) is 24.3 Å². The highest BCUT2D eigenvalue weighted by Gasteiger charge is 2.45. The Morgan fingerprint density at radius 3 is 3.00 bits per heavy atom. The third-order valence-electron chi connectivity index (χ3n) is 4.30. The fraction of sp³-hybridized carbons (Fsp3) is 0.533. The molecule has 0 saturated carbocycles. The minimum Gasteiger partial charge on any atom is -0.493 e. The second kappa shape index (κ2) is 5.07. The molecule has 20 heavy (non-hydrogen) atoms. The first-order valence-electron chi connectivity index (χ1n) is 6.97. The van der Waals surface area contributed by atoms with Gasteiger partial charge in [-0.2, -0.15) is 0 Å². The van der Waals surface area contributed by atoms with Gasteiger partial charge in [0.2, 0.25) is 5.91 Å². The molecule has 0 radical (unpaired) electrons. The Balaban J connectivity index is 1.77. The molecule has 108 valence electrons. The van der Waals surface area contributed by atoms with E-state index in [9.17, 15) is 4.79 Å². The van der Waals surface area contributed by atoms with Crippen molar-refractivity contribution in [3.05, 3.63) is 29.8 Å². The van der Waals surface area contributed by atoms with Gasteiger partial charge in [-0.05, 0) is 13.0 Å². The van der Waals surface area contributed by atoms with Crippen LogP contribution in [-0.2, 0) is 9.53 Å². The molecule has 3 unspecified atom stereocenters. The smallest absolute Gasteiger partial charge is 0.230 e. The second-order valence-electron chi connectivity index (χ2n) is 5.74. The van der Waals surface area contributed by atoms with Gasteiger partial charge < -0.3 is 20.5 Å². The Labute approximate surface area is 118 Å². The minimum absolute atomic E-state index is 0.0166. The van der Waals surface area contributed by atoms with Gasteiger partial charge in [0, 0.05) is 18.0 Å². The number of ether oxygens (including phenoxy) is 2. The molecule has 0 aromatic heterocycles. The van der Waals surface area contributed by atoms with Crippen LogP contribution in [0, 0.1) is 5.41 Å². The van der Waals surface area contributed by atoms with E-state index in [4.69, 9.17) is 15.2 Å². The van der Waals surface area contributed by atoms with E-state index >= 15 is 0 Å². The maximum atomic E-state index is 12.5. The van der Waals surface area contributed by atoms with Crippen molar-refractivity contribution in [3.8, 4) is 5.75 Å². The number of benzene rings is 1. The van der Waals surface area contributed by atoms with Gasteiger partial charge in [-0.25, -0.2) is 0 Å². The first-order valence-corrected chi connectivity index (χ1v) is 6.97. The maximum Gasteiger partial charge on any atom is 0.230 e. The standard InChI is InChI=1S/C15H20N2O3/c1-15(9-19-8-13(15)16)14(18)17-11-6-7-20-12-5-3-2-4-10(11)12/h2-5,11,13H,6-9,16H2,1H3,(H,17,18). The molecule has 2 heterocycles. The van der Waals surface area contributed by atoms with E-state index in [1.165, 1.54) is 0 Å². The molecule has 1 saturated heterocycles. The molecule has 2 aliphatic heterocycles.